The van der Waals surface area contributed by atoms with Gasteiger partial charge in [0.2, 0.25) is 0 Å². The number of para-hydroxylation sites is 2. The van der Waals surface area contributed by atoms with E-state index in [-0.39, 0.29) is 30.0 Å². The topological polar surface area (TPSA) is 125 Å². The van der Waals surface area contributed by atoms with Crippen molar-refractivity contribution in [1.82, 2.24) is 9.97 Å². The third-order valence-electron chi connectivity index (χ3n) is 4.60. The number of hydrogen-bond acceptors (Lipinski definition) is 7. The Kier molecular flexibility index (Phi) is 7.60. The molecule has 8 heteroatoms. The van der Waals surface area contributed by atoms with E-state index in [4.69, 9.17) is 9.47 Å². The zero-order valence-electron chi connectivity index (χ0n) is 17.6. The third kappa shape index (κ3) is 5.73. The van der Waals surface area contributed by atoms with Crippen LogP contribution in [0.1, 0.15) is 42.4 Å². The molecule has 1 aromatic heterocycles. The number of fused-ring (bicyclic) bond motifs is 1. The number of Topliss-reactive ketones (excluding diaryl/α,β-unsaturated/α-hetero) is 1. The van der Waals surface area contributed by atoms with Gasteiger partial charge in [-0.3, -0.25) is 9.59 Å². The maximum Gasteiger partial charge on any atom is 0.306 e. The van der Waals surface area contributed by atoms with Crippen LogP contribution in [0.4, 0.5) is 0 Å². The second-order valence-electron chi connectivity index (χ2n) is 6.99. The van der Waals surface area contributed by atoms with Crippen LogP contribution in [0.2, 0.25) is 0 Å². The molecule has 0 saturated carbocycles. The summed E-state index contributed by atoms with van der Waals surface area (Å²) in [4.78, 5) is 31.5. The number of aromatic nitrogens is 2. The summed E-state index contributed by atoms with van der Waals surface area (Å²) in [7, 11) is 0. The van der Waals surface area contributed by atoms with E-state index in [2.05, 4.69) is 9.97 Å². The number of ether oxygens (including phenoxy) is 2. The molecule has 32 heavy (non-hydrogen) atoms. The Labute approximate surface area is 185 Å². The maximum absolute atomic E-state index is 12.3. The number of benzene rings is 2. The lowest BCUT2D eigenvalue weighted by atomic mass is 10.1. The first-order chi connectivity index (χ1) is 15.5. The molecule has 164 valence electrons. The fourth-order valence-electron chi connectivity index (χ4n) is 2.94. The third-order valence-corrected chi connectivity index (χ3v) is 4.60. The minimum absolute atomic E-state index is 0.0346. The van der Waals surface area contributed by atoms with E-state index in [9.17, 15) is 20.0 Å². The highest BCUT2D eigenvalue weighted by atomic mass is 16.5. The summed E-state index contributed by atoms with van der Waals surface area (Å²) in [5, 5.41) is 19.6. The van der Waals surface area contributed by atoms with Gasteiger partial charge < -0.3 is 19.6 Å². The van der Waals surface area contributed by atoms with Gasteiger partial charge in [0.25, 0.3) is 0 Å². The van der Waals surface area contributed by atoms with Gasteiger partial charge in [-0.1, -0.05) is 19.1 Å². The molecular weight excluding hydrogens is 410 g/mol. The maximum atomic E-state index is 12.3. The van der Waals surface area contributed by atoms with Crippen molar-refractivity contribution in [1.29, 1.82) is 5.26 Å². The molecule has 0 amide bonds. The van der Waals surface area contributed by atoms with E-state index in [0.29, 0.717) is 29.0 Å². The molecule has 0 radical (unpaired) electrons. The van der Waals surface area contributed by atoms with Crippen LogP contribution in [-0.2, 0) is 9.53 Å². The van der Waals surface area contributed by atoms with E-state index in [0.717, 1.165) is 6.42 Å². The summed E-state index contributed by atoms with van der Waals surface area (Å²) in [5.41, 5.74) is 1.71. The standard InChI is InChI=1S/C24H23N3O5/c1-2-13-31-17-9-7-16(8-10-17)21(28)11-12-23(30)32-15-22(29)18(14-25)24-26-19-5-3-4-6-20(19)27-24/h3-10,29H,2,11-13,15H2,1H3,(H,26,27)/b22-18+. The average Bonchev–Trinajstić information content (AvgIpc) is 3.24. The number of rotatable bonds is 10. The quantitative estimate of drug-likeness (QED) is 0.211. The summed E-state index contributed by atoms with van der Waals surface area (Å²) in [6, 6.07) is 15.8. The molecule has 0 unspecified atom stereocenters. The Morgan fingerprint density at radius 2 is 1.88 bits per heavy atom. The van der Waals surface area contributed by atoms with Crippen LogP contribution in [0.5, 0.6) is 5.75 Å². The number of carbonyl (C=O) groups excluding carboxylic acids is 2. The molecule has 0 aliphatic carbocycles. The second-order valence-corrected chi connectivity index (χ2v) is 6.99. The number of carbonyl (C=O) groups is 2. The van der Waals surface area contributed by atoms with Crippen LogP contribution in [0.25, 0.3) is 16.6 Å². The molecule has 0 spiro atoms. The van der Waals surface area contributed by atoms with Crippen LogP contribution in [0, 0.1) is 11.3 Å². The van der Waals surface area contributed by atoms with Gasteiger partial charge in [0.05, 0.1) is 24.1 Å². The Morgan fingerprint density at radius 3 is 2.56 bits per heavy atom. The number of imidazole rings is 1. The van der Waals surface area contributed by atoms with Crippen LogP contribution in [0.3, 0.4) is 0 Å². The normalized spacial score (nSPS) is 11.5. The highest BCUT2D eigenvalue weighted by Crippen LogP contribution is 2.19. The van der Waals surface area contributed by atoms with E-state index in [1.165, 1.54) is 0 Å². The molecule has 0 atom stereocenters. The summed E-state index contributed by atoms with van der Waals surface area (Å²) in [6.45, 7) is 2.12. The first-order valence-electron chi connectivity index (χ1n) is 10.2. The van der Waals surface area contributed by atoms with E-state index in [1.54, 1.807) is 42.5 Å². The van der Waals surface area contributed by atoms with Gasteiger partial charge in [-0.15, -0.1) is 0 Å². The highest BCUT2D eigenvalue weighted by Gasteiger charge is 2.16. The van der Waals surface area contributed by atoms with Crippen LogP contribution in [-0.4, -0.2) is 40.0 Å². The van der Waals surface area contributed by atoms with Gasteiger partial charge in [0.1, 0.15) is 24.0 Å². The number of H-pyrrole nitrogens is 1. The SMILES string of the molecule is CCCOc1ccc(C(=O)CCC(=O)OC/C(O)=C(/C#N)c2nc3ccccc3[nH]2)cc1. The van der Waals surface area contributed by atoms with E-state index >= 15 is 0 Å². The molecule has 0 saturated heterocycles. The molecule has 0 aliphatic rings. The van der Waals surface area contributed by atoms with Crippen molar-refractivity contribution in [3.8, 4) is 11.8 Å². The minimum atomic E-state index is -0.658. The molecule has 2 N–H and O–H groups in total. The van der Waals surface area contributed by atoms with Crippen LogP contribution >= 0.6 is 0 Å². The zero-order valence-corrected chi connectivity index (χ0v) is 17.6. The number of aliphatic hydroxyl groups is 1. The monoisotopic (exact) mass is 433 g/mol. The molecule has 0 aliphatic heterocycles. The number of nitrogens with one attached hydrogen (secondary N) is 1. The Hall–Kier alpha value is -4.12. The summed E-state index contributed by atoms with van der Waals surface area (Å²) >= 11 is 0. The van der Waals surface area contributed by atoms with Crippen molar-refractivity contribution in [3.63, 3.8) is 0 Å². The Balaban J connectivity index is 1.53. The number of nitriles is 1. The average molecular weight is 433 g/mol. The van der Waals surface area contributed by atoms with Crippen molar-refractivity contribution < 1.29 is 24.2 Å². The minimum Gasteiger partial charge on any atom is -0.507 e. The summed E-state index contributed by atoms with van der Waals surface area (Å²) in [6.07, 6.45) is 0.710. The number of nitrogens with zero attached hydrogens (tertiary/aromatic N) is 2. The van der Waals surface area contributed by atoms with Crippen molar-refractivity contribution in [2.75, 3.05) is 13.2 Å². The predicted molar refractivity (Wildman–Crippen MR) is 118 cm³/mol. The van der Waals surface area contributed by atoms with Gasteiger partial charge in [0.15, 0.2) is 17.4 Å². The molecule has 2 aromatic carbocycles. The van der Waals surface area contributed by atoms with Gasteiger partial charge >= 0.3 is 5.97 Å². The number of aliphatic hydroxyl groups excluding tert-OH is 1. The lowest BCUT2D eigenvalue weighted by Crippen LogP contribution is -2.11. The second kappa shape index (κ2) is 10.8. The molecule has 8 nitrogen and oxygen atoms in total. The van der Waals surface area contributed by atoms with Gasteiger partial charge in [-0.25, -0.2) is 4.98 Å². The number of aromatic amines is 1. The molecule has 0 fully saturated rings. The Morgan fingerprint density at radius 1 is 1.12 bits per heavy atom. The molecule has 0 bridgehead atoms. The van der Waals surface area contributed by atoms with Crippen molar-refractivity contribution in [3.05, 3.63) is 65.7 Å². The zero-order chi connectivity index (χ0) is 22.9. The van der Waals surface area contributed by atoms with Gasteiger partial charge in [0, 0.05) is 12.0 Å². The highest BCUT2D eigenvalue weighted by molar-refractivity contribution is 5.97. The van der Waals surface area contributed by atoms with Crippen LogP contribution < -0.4 is 4.74 Å². The first-order valence-corrected chi connectivity index (χ1v) is 10.2. The number of hydrogen-bond donors (Lipinski definition) is 2. The number of allylic oxidation sites excluding steroid dienone is 1. The lowest BCUT2D eigenvalue weighted by Gasteiger charge is -2.07. The van der Waals surface area contributed by atoms with Crippen molar-refractivity contribution in [2.45, 2.75) is 26.2 Å². The Bertz CT molecular complexity index is 1140. The van der Waals surface area contributed by atoms with E-state index in [1.807, 2.05) is 19.1 Å². The largest absolute Gasteiger partial charge is 0.507 e. The lowest BCUT2D eigenvalue weighted by molar-refractivity contribution is -0.143. The fourth-order valence-corrected chi connectivity index (χ4v) is 2.94. The van der Waals surface area contributed by atoms with Crippen LogP contribution in [0.15, 0.2) is 54.3 Å². The van der Waals surface area contributed by atoms with E-state index < -0.39 is 18.3 Å². The number of esters is 1. The molecule has 1 heterocycles. The number of ketones is 1. The fraction of sp³-hybridized carbons (Fsp3) is 0.250. The molecule has 3 aromatic rings. The van der Waals surface area contributed by atoms with Crippen molar-refractivity contribution in [2.24, 2.45) is 0 Å². The molecular formula is C24H23N3O5. The molecule has 3 rings (SSSR count). The predicted octanol–water partition coefficient (Wildman–Crippen LogP) is 4.35. The summed E-state index contributed by atoms with van der Waals surface area (Å²) < 4.78 is 10.5. The van der Waals surface area contributed by atoms with Crippen molar-refractivity contribution >= 4 is 28.4 Å². The van der Waals surface area contributed by atoms with Gasteiger partial charge in [-0.05, 0) is 42.8 Å². The smallest absolute Gasteiger partial charge is 0.306 e. The summed E-state index contributed by atoms with van der Waals surface area (Å²) in [5.74, 6) is -0.418. The first kappa shape index (κ1) is 22.6. The van der Waals surface area contributed by atoms with Gasteiger partial charge in [-0.2, -0.15) is 5.26 Å².